The van der Waals surface area contributed by atoms with Gasteiger partial charge in [-0.05, 0) is 29.8 Å². The minimum Gasteiger partial charge on any atom is -0.241 e. The van der Waals surface area contributed by atoms with E-state index in [1.807, 2.05) is 24.3 Å². The van der Waals surface area contributed by atoms with E-state index in [4.69, 9.17) is 23.2 Å². The minimum atomic E-state index is -0.431. The van der Waals surface area contributed by atoms with Gasteiger partial charge in [0.1, 0.15) is 5.82 Å². The predicted octanol–water partition coefficient (Wildman–Crippen LogP) is 5.61. The Balaban J connectivity index is 1.84. The second kappa shape index (κ2) is 5.68. The van der Waals surface area contributed by atoms with Crippen molar-refractivity contribution in [3.8, 4) is 0 Å². The summed E-state index contributed by atoms with van der Waals surface area (Å²) in [5, 5.41) is 0.790. The lowest BCUT2D eigenvalue weighted by molar-refractivity contribution is 0.627. The first-order valence-corrected chi connectivity index (χ1v) is 7.70. The number of halogens is 3. The van der Waals surface area contributed by atoms with E-state index in [0.29, 0.717) is 6.42 Å². The van der Waals surface area contributed by atoms with Crippen LogP contribution in [0.25, 0.3) is 10.2 Å². The maximum absolute atomic E-state index is 13.1. The van der Waals surface area contributed by atoms with Gasteiger partial charge >= 0.3 is 0 Å². The van der Waals surface area contributed by atoms with Crippen LogP contribution in [0.4, 0.5) is 4.39 Å². The van der Waals surface area contributed by atoms with Gasteiger partial charge < -0.3 is 0 Å². The summed E-state index contributed by atoms with van der Waals surface area (Å²) in [7, 11) is 0. The lowest BCUT2D eigenvalue weighted by Crippen LogP contribution is -1.96. The number of rotatable bonds is 3. The average Bonchev–Trinajstić information content (AvgIpc) is 2.83. The standard InChI is InChI=1S/C15H10Cl2FNS/c16-10(9-5-6-12(18)11(17)7-9)8-15-19-13-3-1-2-4-14(13)20-15/h1-7,10H,8H2. The van der Waals surface area contributed by atoms with Crippen LogP contribution in [-0.4, -0.2) is 4.98 Å². The highest BCUT2D eigenvalue weighted by Gasteiger charge is 2.14. The van der Waals surface area contributed by atoms with E-state index in [-0.39, 0.29) is 10.4 Å². The fourth-order valence-electron chi connectivity index (χ4n) is 1.99. The highest BCUT2D eigenvalue weighted by atomic mass is 35.5. The van der Waals surface area contributed by atoms with Crippen LogP contribution in [0.1, 0.15) is 15.9 Å². The number of hydrogen-bond donors (Lipinski definition) is 0. The number of alkyl halides is 1. The summed E-state index contributed by atoms with van der Waals surface area (Å²) in [5.41, 5.74) is 1.78. The van der Waals surface area contributed by atoms with E-state index in [2.05, 4.69) is 4.98 Å². The summed E-state index contributed by atoms with van der Waals surface area (Å²) in [6.07, 6.45) is 0.600. The summed E-state index contributed by atoms with van der Waals surface area (Å²) < 4.78 is 14.3. The van der Waals surface area contributed by atoms with Gasteiger partial charge in [0, 0.05) is 6.42 Å². The molecule has 0 saturated carbocycles. The highest BCUT2D eigenvalue weighted by molar-refractivity contribution is 7.18. The Kier molecular flexibility index (Phi) is 3.92. The van der Waals surface area contributed by atoms with Crippen LogP contribution in [0, 0.1) is 5.82 Å². The molecule has 0 aliphatic heterocycles. The molecule has 0 N–H and O–H groups in total. The Morgan fingerprint density at radius 1 is 1.20 bits per heavy atom. The van der Waals surface area contributed by atoms with Crippen LogP contribution in [0.2, 0.25) is 5.02 Å². The van der Waals surface area contributed by atoms with Gasteiger partial charge in [-0.3, -0.25) is 0 Å². The first kappa shape index (κ1) is 13.8. The lowest BCUT2D eigenvalue weighted by atomic mass is 10.1. The van der Waals surface area contributed by atoms with Crippen molar-refractivity contribution in [1.82, 2.24) is 4.98 Å². The summed E-state index contributed by atoms with van der Waals surface area (Å²) in [5.74, 6) is -0.431. The van der Waals surface area contributed by atoms with Crippen LogP contribution in [0.5, 0.6) is 0 Å². The first-order chi connectivity index (χ1) is 9.63. The molecule has 1 heterocycles. The Morgan fingerprint density at radius 2 is 2.00 bits per heavy atom. The fraction of sp³-hybridized carbons (Fsp3) is 0.133. The summed E-state index contributed by atoms with van der Waals surface area (Å²) in [4.78, 5) is 4.55. The lowest BCUT2D eigenvalue weighted by Gasteiger charge is -2.08. The van der Waals surface area contributed by atoms with E-state index in [1.54, 1.807) is 23.5 Å². The number of benzene rings is 2. The minimum absolute atomic E-state index is 0.0949. The van der Waals surface area contributed by atoms with Crippen molar-refractivity contribution in [3.05, 3.63) is 63.9 Å². The Labute approximate surface area is 130 Å². The molecule has 2 aromatic carbocycles. The first-order valence-electron chi connectivity index (χ1n) is 6.07. The van der Waals surface area contributed by atoms with Gasteiger partial charge in [-0.1, -0.05) is 29.8 Å². The maximum Gasteiger partial charge on any atom is 0.141 e. The molecule has 5 heteroatoms. The fourth-order valence-corrected chi connectivity index (χ4v) is 3.56. The molecule has 1 aromatic heterocycles. The van der Waals surface area contributed by atoms with Gasteiger partial charge in [-0.2, -0.15) is 0 Å². The predicted molar refractivity (Wildman–Crippen MR) is 83.3 cm³/mol. The molecule has 0 amide bonds. The summed E-state index contributed by atoms with van der Waals surface area (Å²) >= 11 is 13.8. The number of hydrogen-bond acceptors (Lipinski definition) is 2. The number of para-hydroxylation sites is 1. The van der Waals surface area contributed by atoms with Gasteiger partial charge in [0.15, 0.2) is 0 Å². The Hall–Kier alpha value is -1.16. The van der Waals surface area contributed by atoms with E-state index < -0.39 is 5.82 Å². The van der Waals surface area contributed by atoms with Crippen molar-refractivity contribution < 1.29 is 4.39 Å². The molecule has 0 aliphatic carbocycles. The highest BCUT2D eigenvalue weighted by Crippen LogP contribution is 2.31. The molecule has 3 rings (SSSR count). The molecule has 20 heavy (non-hydrogen) atoms. The summed E-state index contributed by atoms with van der Waals surface area (Å²) in [6, 6.07) is 12.5. The zero-order valence-corrected chi connectivity index (χ0v) is 12.6. The second-order valence-corrected chi connectivity index (χ2v) is 6.47. The quantitative estimate of drug-likeness (QED) is 0.570. The van der Waals surface area contributed by atoms with Crippen molar-refractivity contribution in [2.45, 2.75) is 11.8 Å². The van der Waals surface area contributed by atoms with Crippen LogP contribution < -0.4 is 0 Å². The smallest absolute Gasteiger partial charge is 0.141 e. The van der Waals surface area contributed by atoms with Gasteiger partial charge in [-0.25, -0.2) is 9.37 Å². The van der Waals surface area contributed by atoms with E-state index in [1.165, 1.54) is 6.07 Å². The zero-order valence-electron chi connectivity index (χ0n) is 10.3. The van der Waals surface area contributed by atoms with Crippen LogP contribution >= 0.6 is 34.5 Å². The number of nitrogens with zero attached hydrogens (tertiary/aromatic N) is 1. The molecule has 0 aliphatic rings. The molecule has 1 nitrogen and oxygen atoms in total. The zero-order chi connectivity index (χ0) is 14.1. The normalized spacial score (nSPS) is 12.8. The molecule has 102 valence electrons. The van der Waals surface area contributed by atoms with Gasteiger partial charge in [0.25, 0.3) is 0 Å². The van der Waals surface area contributed by atoms with Gasteiger partial charge in [-0.15, -0.1) is 22.9 Å². The van der Waals surface area contributed by atoms with Crippen molar-refractivity contribution in [1.29, 1.82) is 0 Å². The Morgan fingerprint density at radius 3 is 2.75 bits per heavy atom. The second-order valence-electron chi connectivity index (χ2n) is 4.42. The van der Waals surface area contributed by atoms with Gasteiger partial charge in [0.2, 0.25) is 0 Å². The molecular weight excluding hydrogens is 316 g/mol. The molecule has 0 saturated heterocycles. The summed E-state index contributed by atoms with van der Waals surface area (Å²) in [6.45, 7) is 0. The van der Waals surface area contributed by atoms with Gasteiger partial charge in [0.05, 0.1) is 25.6 Å². The number of fused-ring (bicyclic) bond motifs is 1. The Bertz CT molecular complexity index is 723. The van der Waals surface area contributed by atoms with Crippen LogP contribution in [-0.2, 0) is 6.42 Å². The third-order valence-corrected chi connectivity index (χ3v) is 4.75. The van der Waals surface area contributed by atoms with Crippen molar-refractivity contribution in [2.75, 3.05) is 0 Å². The number of thiazole rings is 1. The monoisotopic (exact) mass is 325 g/mol. The maximum atomic E-state index is 13.1. The molecule has 1 atom stereocenters. The third kappa shape index (κ3) is 2.80. The molecule has 0 fully saturated rings. The molecular formula is C15H10Cl2FNS. The molecule has 3 aromatic rings. The van der Waals surface area contributed by atoms with E-state index in [0.717, 1.165) is 20.8 Å². The third-order valence-electron chi connectivity index (χ3n) is 3.00. The number of aromatic nitrogens is 1. The average molecular weight is 326 g/mol. The van der Waals surface area contributed by atoms with E-state index >= 15 is 0 Å². The molecule has 0 bridgehead atoms. The largest absolute Gasteiger partial charge is 0.241 e. The molecule has 0 spiro atoms. The topological polar surface area (TPSA) is 12.9 Å². The SMILES string of the molecule is Fc1ccc(C(Cl)Cc2nc3ccccc3s2)cc1Cl. The molecule has 1 unspecified atom stereocenters. The van der Waals surface area contributed by atoms with Crippen molar-refractivity contribution in [2.24, 2.45) is 0 Å². The van der Waals surface area contributed by atoms with Crippen LogP contribution in [0.15, 0.2) is 42.5 Å². The van der Waals surface area contributed by atoms with E-state index in [9.17, 15) is 4.39 Å². The van der Waals surface area contributed by atoms with Crippen molar-refractivity contribution >= 4 is 44.8 Å². The molecule has 0 radical (unpaired) electrons. The van der Waals surface area contributed by atoms with Crippen LogP contribution in [0.3, 0.4) is 0 Å². The van der Waals surface area contributed by atoms with Crippen molar-refractivity contribution in [3.63, 3.8) is 0 Å².